The second-order valence-electron chi connectivity index (χ2n) is 4.04. The normalized spacial score (nSPS) is 26.7. The number of hydrogen-bond donors (Lipinski definition) is 0. The zero-order valence-electron chi connectivity index (χ0n) is 8.05. The Morgan fingerprint density at radius 1 is 1.21 bits per heavy atom. The maximum Gasteiger partial charge on any atom is 0.123 e. The third-order valence-corrected chi connectivity index (χ3v) is 3.55. The van der Waals surface area contributed by atoms with Gasteiger partial charge >= 0.3 is 0 Å². The molecular formula is C12H14ClF. The van der Waals surface area contributed by atoms with Crippen LogP contribution in [0.4, 0.5) is 4.39 Å². The van der Waals surface area contributed by atoms with E-state index in [0.29, 0.717) is 11.3 Å². The molecule has 0 aromatic heterocycles. The Morgan fingerprint density at radius 2 is 1.93 bits per heavy atom. The van der Waals surface area contributed by atoms with Gasteiger partial charge in [-0.1, -0.05) is 18.6 Å². The minimum atomic E-state index is -0.164. The Bertz CT molecular complexity index is 294. The predicted octanol–water partition coefficient (Wildman–Crippen LogP) is 3.78. The maximum absolute atomic E-state index is 12.7. The molecule has 0 amide bonds. The van der Waals surface area contributed by atoms with Crippen LogP contribution in [0, 0.1) is 11.7 Å². The van der Waals surface area contributed by atoms with Crippen molar-refractivity contribution in [3.8, 4) is 0 Å². The van der Waals surface area contributed by atoms with Gasteiger partial charge in [-0.3, -0.25) is 0 Å². The highest BCUT2D eigenvalue weighted by molar-refractivity contribution is 6.20. The summed E-state index contributed by atoms with van der Waals surface area (Å²) in [5.74, 6) is 0.421. The lowest BCUT2D eigenvalue weighted by Crippen LogP contribution is -2.10. The van der Waals surface area contributed by atoms with E-state index >= 15 is 0 Å². The van der Waals surface area contributed by atoms with E-state index in [9.17, 15) is 4.39 Å². The maximum atomic E-state index is 12.7. The first-order valence-electron chi connectivity index (χ1n) is 5.14. The van der Waals surface area contributed by atoms with E-state index in [2.05, 4.69) is 0 Å². The molecule has 2 rings (SSSR count). The first kappa shape index (κ1) is 9.97. The van der Waals surface area contributed by atoms with Crippen molar-refractivity contribution in [3.63, 3.8) is 0 Å². The molecule has 0 aliphatic heterocycles. The van der Waals surface area contributed by atoms with Crippen LogP contribution in [-0.2, 0) is 6.42 Å². The summed E-state index contributed by atoms with van der Waals surface area (Å²) in [5.41, 5.74) is 1.20. The van der Waals surface area contributed by atoms with E-state index < -0.39 is 0 Å². The summed E-state index contributed by atoms with van der Waals surface area (Å²) < 4.78 is 12.7. The molecule has 1 aromatic carbocycles. The summed E-state index contributed by atoms with van der Waals surface area (Å²) in [6.07, 6.45) is 4.58. The SMILES string of the molecule is Fc1ccc(CC2CCCC2Cl)cc1. The van der Waals surface area contributed by atoms with E-state index in [4.69, 9.17) is 11.6 Å². The summed E-state index contributed by atoms with van der Waals surface area (Å²) >= 11 is 6.19. The molecule has 1 aliphatic carbocycles. The van der Waals surface area contributed by atoms with Gasteiger partial charge in [0, 0.05) is 5.38 Å². The topological polar surface area (TPSA) is 0 Å². The average Bonchev–Trinajstić information content (AvgIpc) is 2.56. The molecule has 0 radical (unpaired) electrons. The molecule has 0 bridgehead atoms. The number of benzene rings is 1. The molecule has 0 N–H and O–H groups in total. The Morgan fingerprint density at radius 3 is 2.50 bits per heavy atom. The molecule has 0 nitrogen and oxygen atoms in total. The van der Waals surface area contributed by atoms with Crippen molar-refractivity contribution in [1.82, 2.24) is 0 Å². The van der Waals surface area contributed by atoms with Gasteiger partial charge in [0.1, 0.15) is 5.82 Å². The van der Waals surface area contributed by atoms with E-state index in [1.807, 2.05) is 12.1 Å². The molecule has 14 heavy (non-hydrogen) atoms. The zero-order chi connectivity index (χ0) is 9.97. The van der Waals surface area contributed by atoms with Gasteiger partial charge in [-0.25, -0.2) is 4.39 Å². The monoisotopic (exact) mass is 212 g/mol. The van der Waals surface area contributed by atoms with E-state index in [-0.39, 0.29) is 5.82 Å². The Kier molecular flexibility index (Phi) is 3.07. The van der Waals surface area contributed by atoms with Gasteiger partial charge in [0.25, 0.3) is 0 Å². The smallest absolute Gasteiger partial charge is 0.123 e. The molecule has 1 saturated carbocycles. The van der Waals surface area contributed by atoms with Crippen LogP contribution in [0.25, 0.3) is 0 Å². The van der Waals surface area contributed by atoms with Crippen molar-refractivity contribution in [3.05, 3.63) is 35.6 Å². The fourth-order valence-corrected chi connectivity index (χ4v) is 2.51. The second kappa shape index (κ2) is 4.31. The quantitative estimate of drug-likeness (QED) is 0.655. The summed E-state index contributed by atoms with van der Waals surface area (Å²) in [5, 5.41) is 0.319. The van der Waals surface area contributed by atoms with Gasteiger partial charge in [0.05, 0.1) is 0 Å². The minimum absolute atomic E-state index is 0.164. The number of halogens is 2. The van der Waals surface area contributed by atoms with Crippen molar-refractivity contribution in [2.24, 2.45) is 5.92 Å². The van der Waals surface area contributed by atoms with Gasteiger partial charge in [0.2, 0.25) is 0 Å². The molecule has 1 fully saturated rings. The largest absolute Gasteiger partial charge is 0.207 e. The predicted molar refractivity (Wildman–Crippen MR) is 57.1 cm³/mol. The van der Waals surface area contributed by atoms with E-state index in [1.165, 1.54) is 30.5 Å². The van der Waals surface area contributed by atoms with E-state index in [0.717, 1.165) is 12.8 Å². The lowest BCUT2D eigenvalue weighted by atomic mass is 9.98. The molecule has 76 valence electrons. The Balaban J connectivity index is 2.00. The Hall–Kier alpha value is -0.560. The van der Waals surface area contributed by atoms with E-state index in [1.54, 1.807) is 0 Å². The van der Waals surface area contributed by atoms with Crippen LogP contribution in [0.15, 0.2) is 24.3 Å². The highest BCUT2D eigenvalue weighted by Gasteiger charge is 2.25. The minimum Gasteiger partial charge on any atom is -0.207 e. The summed E-state index contributed by atoms with van der Waals surface area (Å²) in [7, 11) is 0. The fraction of sp³-hybridized carbons (Fsp3) is 0.500. The molecule has 2 unspecified atom stereocenters. The summed E-state index contributed by atoms with van der Waals surface area (Å²) in [6, 6.07) is 6.76. The van der Waals surface area contributed by atoms with Gasteiger partial charge in [0.15, 0.2) is 0 Å². The first-order chi connectivity index (χ1) is 6.75. The summed E-state index contributed by atoms with van der Waals surface area (Å²) in [6.45, 7) is 0. The van der Waals surface area contributed by atoms with Crippen molar-refractivity contribution in [2.45, 2.75) is 31.1 Å². The van der Waals surface area contributed by atoms with Gasteiger partial charge in [-0.05, 0) is 42.9 Å². The summed E-state index contributed by atoms with van der Waals surface area (Å²) in [4.78, 5) is 0. The number of hydrogen-bond acceptors (Lipinski definition) is 0. The van der Waals surface area contributed by atoms with Crippen LogP contribution >= 0.6 is 11.6 Å². The molecule has 0 spiro atoms. The lowest BCUT2D eigenvalue weighted by molar-refractivity contribution is 0.551. The van der Waals surface area contributed by atoms with Crippen molar-refractivity contribution in [2.75, 3.05) is 0 Å². The standard InChI is InChI=1S/C12H14ClF/c13-12-3-1-2-10(12)8-9-4-6-11(14)7-5-9/h4-7,10,12H,1-3,8H2. The van der Waals surface area contributed by atoms with Crippen LogP contribution in [0.5, 0.6) is 0 Å². The average molecular weight is 213 g/mol. The van der Waals surface area contributed by atoms with Crippen LogP contribution in [0.2, 0.25) is 0 Å². The van der Waals surface area contributed by atoms with Crippen LogP contribution < -0.4 is 0 Å². The molecule has 0 saturated heterocycles. The molecule has 2 heteroatoms. The van der Waals surface area contributed by atoms with Crippen molar-refractivity contribution in [1.29, 1.82) is 0 Å². The van der Waals surface area contributed by atoms with Gasteiger partial charge in [-0.2, -0.15) is 0 Å². The van der Waals surface area contributed by atoms with Crippen LogP contribution in [0.1, 0.15) is 24.8 Å². The molecular weight excluding hydrogens is 199 g/mol. The Labute approximate surface area is 89.1 Å². The van der Waals surface area contributed by atoms with Crippen molar-refractivity contribution < 1.29 is 4.39 Å². The van der Waals surface area contributed by atoms with Crippen molar-refractivity contribution >= 4 is 11.6 Å². The number of rotatable bonds is 2. The highest BCUT2D eigenvalue weighted by Crippen LogP contribution is 2.32. The van der Waals surface area contributed by atoms with Gasteiger partial charge in [-0.15, -0.1) is 11.6 Å². The lowest BCUT2D eigenvalue weighted by Gasteiger charge is -2.13. The second-order valence-corrected chi connectivity index (χ2v) is 4.60. The molecule has 0 heterocycles. The molecule has 2 atom stereocenters. The zero-order valence-corrected chi connectivity index (χ0v) is 8.80. The third kappa shape index (κ3) is 2.27. The number of alkyl halides is 1. The first-order valence-corrected chi connectivity index (χ1v) is 5.58. The van der Waals surface area contributed by atoms with Crippen LogP contribution in [0.3, 0.4) is 0 Å². The fourth-order valence-electron chi connectivity index (χ4n) is 2.14. The molecule has 1 aromatic rings. The van der Waals surface area contributed by atoms with Crippen LogP contribution in [-0.4, -0.2) is 5.38 Å². The van der Waals surface area contributed by atoms with Gasteiger partial charge < -0.3 is 0 Å². The molecule has 1 aliphatic rings. The third-order valence-electron chi connectivity index (χ3n) is 2.98. The highest BCUT2D eigenvalue weighted by atomic mass is 35.5.